The summed E-state index contributed by atoms with van der Waals surface area (Å²) < 4.78 is 0. The number of carbonyl (C=O) groups is 1. The lowest BCUT2D eigenvalue weighted by molar-refractivity contribution is -0.128. The van der Waals surface area contributed by atoms with E-state index in [4.69, 9.17) is 5.73 Å². The van der Waals surface area contributed by atoms with Gasteiger partial charge < -0.3 is 10.6 Å². The summed E-state index contributed by atoms with van der Waals surface area (Å²) in [5, 5.41) is 0.452. The molecular formula is C7H14N2OS. The Morgan fingerprint density at radius 2 is 2.55 bits per heavy atom. The Hall–Kier alpha value is -0.220. The van der Waals surface area contributed by atoms with E-state index >= 15 is 0 Å². The van der Waals surface area contributed by atoms with Crippen LogP contribution >= 0.6 is 11.8 Å². The molecule has 2 N–H and O–H groups in total. The molecule has 1 rings (SSSR count). The maximum absolute atomic E-state index is 11.2. The lowest BCUT2D eigenvalue weighted by Gasteiger charge is -2.30. The second kappa shape index (κ2) is 3.97. The number of nitrogens with zero attached hydrogens (tertiary/aromatic N) is 1. The Morgan fingerprint density at radius 3 is 3.09 bits per heavy atom. The zero-order valence-electron chi connectivity index (χ0n) is 6.75. The summed E-state index contributed by atoms with van der Waals surface area (Å²) in [5.41, 5.74) is 5.51. The zero-order valence-corrected chi connectivity index (χ0v) is 7.56. The van der Waals surface area contributed by atoms with Gasteiger partial charge in [0.25, 0.3) is 0 Å². The average molecular weight is 174 g/mol. The summed E-state index contributed by atoms with van der Waals surface area (Å²) in [5.74, 6) is 0.859. The molecule has 1 heterocycles. The third-order valence-electron chi connectivity index (χ3n) is 1.86. The van der Waals surface area contributed by atoms with Crippen LogP contribution in [-0.4, -0.2) is 41.4 Å². The van der Waals surface area contributed by atoms with Crippen LogP contribution in [0.5, 0.6) is 0 Å². The Bertz CT molecular complexity index is 151. The Labute approximate surface area is 71.3 Å². The summed E-state index contributed by atoms with van der Waals surface area (Å²) in [6.45, 7) is 4.32. The van der Waals surface area contributed by atoms with Crippen LogP contribution in [0.1, 0.15) is 6.92 Å². The van der Waals surface area contributed by atoms with Gasteiger partial charge >= 0.3 is 0 Å². The molecule has 11 heavy (non-hydrogen) atoms. The largest absolute Gasteiger partial charge is 0.341 e. The van der Waals surface area contributed by atoms with Crippen LogP contribution in [0.2, 0.25) is 0 Å². The molecule has 0 aromatic heterocycles. The minimum absolute atomic E-state index is 0.252. The van der Waals surface area contributed by atoms with Crippen molar-refractivity contribution in [3.8, 4) is 0 Å². The second-order valence-electron chi connectivity index (χ2n) is 2.60. The molecule has 0 bridgehead atoms. The second-order valence-corrected chi connectivity index (χ2v) is 3.89. The Kier molecular flexibility index (Phi) is 3.20. The third-order valence-corrected chi connectivity index (χ3v) is 3.09. The molecule has 3 nitrogen and oxygen atoms in total. The van der Waals surface area contributed by atoms with Gasteiger partial charge in [0, 0.05) is 24.9 Å². The van der Waals surface area contributed by atoms with Crippen LogP contribution in [0.3, 0.4) is 0 Å². The predicted octanol–water partition coefficient (Wildman–Crippen LogP) is -0.0910. The number of rotatable bonds is 2. The molecule has 0 aromatic rings. The maximum atomic E-state index is 11.2. The number of hydrogen-bond donors (Lipinski definition) is 1. The van der Waals surface area contributed by atoms with Crippen molar-refractivity contribution in [3.63, 3.8) is 0 Å². The van der Waals surface area contributed by atoms with Gasteiger partial charge in [-0.15, -0.1) is 11.8 Å². The molecule has 0 radical (unpaired) electrons. The lowest BCUT2D eigenvalue weighted by Crippen LogP contribution is -2.44. The van der Waals surface area contributed by atoms with Crippen LogP contribution in [-0.2, 0) is 4.79 Å². The molecule has 1 amide bonds. The van der Waals surface area contributed by atoms with Crippen LogP contribution in [0.15, 0.2) is 0 Å². The van der Waals surface area contributed by atoms with Gasteiger partial charge in [0.1, 0.15) is 0 Å². The quantitative estimate of drug-likeness (QED) is 0.636. The van der Waals surface area contributed by atoms with Gasteiger partial charge in [-0.25, -0.2) is 0 Å². The summed E-state index contributed by atoms with van der Waals surface area (Å²) in [6.07, 6.45) is 0. The van der Waals surface area contributed by atoms with Crippen molar-refractivity contribution in [2.75, 3.05) is 25.4 Å². The molecule has 1 aliphatic heterocycles. The maximum Gasteiger partial charge on any atom is 0.232 e. The summed E-state index contributed by atoms with van der Waals surface area (Å²) >= 11 is 1.67. The van der Waals surface area contributed by atoms with Crippen LogP contribution in [0.25, 0.3) is 0 Å². The Balaban J connectivity index is 2.44. The fourth-order valence-corrected chi connectivity index (χ4v) is 2.11. The highest BCUT2D eigenvalue weighted by atomic mass is 32.2. The van der Waals surface area contributed by atoms with E-state index in [1.54, 1.807) is 11.8 Å². The molecule has 1 atom stereocenters. The molecule has 64 valence electrons. The van der Waals surface area contributed by atoms with E-state index in [-0.39, 0.29) is 5.91 Å². The van der Waals surface area contributed by atoms with Gasteiger partial charge in [-0.3, -0.25) is 4.79 Å². The van der Waals surface area contributed by atoms with E-state index in [9.17, 15) is 4.79 Å². The highest BCUT2D eigenvalue weighted by Gasteiger charge is 2.23. The summed E-state index contributed by atoms with van der Waals surface area (Å²) in [7, 11) is 0. The van der Waals surface area contributed by atoms with E-state index in [0.29, 0.717) is 17.5 Å². The van der Waals surface area contributed by atoms with Crippen molar-refractivity contribution in [2.45, 2.75) is 12.2 Å². The molecule has 4 heteroatoms. The van der Waals surface area contributed by atoms with Gasteiger partial charge in [0.05, 0.1) is 5.75 Å². The molecule has 1 unspecified atom stereocenters. The first-order valence-corrected chi connectivity index (χ1v) is 4.92. The molecule has 0 aromatic carbocycles. The highest BCUT2D eigenvalue weighted by molar-refractivity contribution is 8.00. The van der Waals surface area contributed by atoms with E-state index in [1.807, 2.05) is 11.8 Å². The fourth-order valence-electron chi connectivity index (χ4n) is 1.13. The van der Waals surface area contributed by atoms with Crippen molar-refractivity contribution in [1.29, 1.82) is 0 Å². The van der Waals surface area contributed by atoms with Crippen LogP contribution in [0.4, 0.5) is 0 Å². The molecule has 0 saturated carbocycles. The lowest BCUT2D eigenvalue weighted by atomic mass is 10.3. The SMILES string of the molecule is CCN1CC(CN)SCC1=O. The standard InChI is InChI=1S/C7H14N2OS/c1-2-9-4-6(3-8)11-5-7(9)10/h6H,2-5,8H2,1H3. The first-order chi connectivity index (χ1) is 5.27. The number of nitrogens with two attached hydrogens (primary N) is 1. The highest BCUT2D eigenvalue weighted by Crippen LogP contribution is 2.17. The van der Waals surface area contributed by atoms with Crippen LogP contribution in [0, 0.1) is 0 Å². The van der Waals surface area contributed by atoms with Crippen LogP contribution < -0.4 is 5.73 Å². The topological polar surface area (TPSA) is 46.3 Å². The first kappa shape index (κ1) is 8.87. The van der Waals surface area contributed by atoms with E-state index < -0.39 is 0 Å². The van der Waals surface area contributed by atoms with Crippen molar-refractivity contribution in [2.24, 2.45) is 5.73 Å². The van der Waals surface area contributed by atoms with E-state index in [1.165, 1.54) is 0 Å². The molecule has 0 spiro atoms. The zero-order chi connectivity index (χ0) is 8.27. The Morgan fingerprint density at radius 1 is 1.82 bits per heavy atom. The summed E-state index contributed by atoms with van der Waals surface area (Å²) in [6, 6.07) is 0. The van der Waals surface area contributed by atoms with Crippen molar-refractivity contribution in [3.05, 3.63) is 0 Å². The number of hydrogen-bond acceptors (Lipinski definition) is 3. The van der Waals surface area contributed by atoms with Gasteiger partial charge in [0.15, 0.2) is 0 Å². The molecule has 0 aliphatic carbocycles. The normalized spacial score (nSPS) is 25.8. The fraction of sp³-hybridized carbons (Fsp3) is 0.857. The molecule has 1 aliphatic rings. The predicted molar refractivity (Wildman–Crippen MR) is 47.6 cm³/mol. The molecule has 1 saturated heterocycles. The monoisotopic (exact) mass is 174 g/mol. The first-order valence-electron chi connectivity index (χ1n) is 3.87. The molecular weight excluding hydrogens is 160 g/mol. The van der Waals surface area contributed by atoms with Gasteiger partial charge in [-0.05, 0) is 6.92 Å². The minimum Gasteiger partial charge on any atom is -0.341 e. The average Bonchev–Trinajstić information content (AvgIpc) is 2.05. The van der Waals surface area contributed by atoms with E-state index in [0.717, 1.165) is 13.1 Å². The van der Waals surface area contributed by atoms with Crippen molar-refractivity contribution >= 4 is 17.7 Å². The van der Waals surface area contributed by atoms with E-state index in [2.05, 4.69) is 0 Å². The number of carbonyl (C=O) groups excluding carboxylic acids is 1. The van der Waals surface area contributed by atoms with Gasteiger partial charge in [-0.2, -0.15) is 0 Å². The third kappa shape index (κ3) is 2.10. The van der Waals surface area contributed by atoms with Crippen molar-refractivity contribution < 1.29 is 4.79 Å². The summed E-state index contributed by atoms with van der Waals surface area (Å²) in [4.78, 5) is 13.0. The molecule has 1 fully saturated rings. The number of amides is 1. The minimum atomic E-state index is 0.252. The number of thioether (sulfide) groups is 1. The van der Waals surface area contributed by atoms with Gasteiger partial charge in [0.2, 0.25) is 5.91 Å². The van der Waals surface area contributed by atoms with Gasteiger partial charge in [-0.1, -0.05) is 0 Å². The smallest absolute Gasteiger partial charge is 0.232 e. The van der Waals surface area contributed by atoms with Crippen molar-refractivity contribution in [1.82, 2.24) is 4.90 Å².